The van der Waals surface area contributed by atoms with Crippen molar-refractivity contribution in [1.29, 1.82) is 0 Å². The molecule has 0 aliphatic heterocycles. The van der Waals surface area contributed by atoms with Gasteiger partial charge in [0.2, 0.25) is 0 Å². The Morgan fingerprint density at radius 2 is 1.59 bits per heavy atom. The summed E-state index contributed by atoms with van der Waals surface area (Å²) in [7, 11) is 0. The van der Waals surface area contributed by atoms with Gasteiger partial charge in [0, 0.05) is 5.02 Å². The molecule has 3 aromatic rings. The fraction of sp³-hybridized carbons (Fsp3) is 0. The molecule has 0 unspecified atom stereocenters. The number of hydrazone groups is 1. The van der Waals surface area contributed by atoms with Crippen LogP contribution in [-0.2, 0) is 9.59 Å². The minimum Gasteiger partial charge on any atom is -0.423 e. The Hall–Kier alpha value is -3.39. The minimum absolute atomic E-state index is 0.120. The van der Waals surface area contributed by atoms with Gasteiger partial charge in [0.25, 0.3) is 0 Å². The molecule has 0 saturated heterocycles. The summed E-state index contributed by atoms with van der Waals surface area (Å²) in [4.78, 5) is 36.0. The lowest BCUT2D eigenvalue weighted by Crippen LogP contribution is -2.32. The molecule has 0 saturated carbocycles. The van der Waals surface area contributed by atoms with Crippen molar-refractivity contribution in [2.45, 2.75) is 0 Å². The predicted molar refractivity (Wildman–Crippen MR) is 124 cm³/mol. The monoisotopic (exact) mass is 489 g/mol. The fourth-order valence-electron chi connectivity index (χ4n) is 2.40. The number of amides is 2. The quantitative estimate of drug-likeness (QED) is 0.174. The van der Waals surface area contributed by atoms with Gasteiger partial charge < -0.3 is 10.1 Å². The van der Waals surface area contributed by atoms with Gasteiger partial charge in [-0.25, -0.2) is 10.2 Å². The normalized spacial score (nSPS) is 10.6. The van der Waals surface area contributed by atoms with Crippen LogP contribution in [-0.4, -0.2) is 24.0 Å². The number of hydrogen-bond acceptors (Lipinski definition) is 5. The summed E-state index contributed by atoms with van der Waals surface area (Å²) in [6.07, 6.45) is 1.32. The van der Waals surface area contributed by atoms with Crippen LogP contribution in [0.2, 0.25) is 15.1 Å². The predicted octanol–water partition coefficient (Wildman–Crippen LogP) is 4.95. The molecule has 0 bridgehead atoms. The van der Waals surface area contributed by atoms with Crippen LogP contribution in [0.25, 0.3) is 0 Å². The molecule has 3 aromatic carbocycles. The maximum atomic E-state index is 12.1. The van der Waals surface area contributed by atoms with E-state index in [0.717, 1.165) is 0 Å². The molecule has 2 N–H and O–H groups in total. The Balaban J connectivity index is 1.53. The summed E-state index contributed by atoms with van der Waals surface area (Å²) < 4.78 is 5.27. The van der Waals surface area contributed by atoms with Crippen LogP contribution in [0.15, 0.2) is 71.8 Å². The number of esters is 1. The zero-order chi connectivity index (χ0) is 23.1. The molecule has 10 heteroatoms. The molecule has 0 heterocycles. The largest absolute Gasteiger partial charge is 0.423 e. The van der Waals surface area contributed by atoms with E-state index in [1.165, 1.54) is 18.3 Å². The highest BCUT2D eigenvalue weighted by Crippen LogP contribution is 2.29. The SMILES string of the molecule is O=C(NN=Cc1ccc(OC(=O)c2cccc(Cl)c2)cc1)C(=O)Nc1cccc(Cl)c1Cl. The highest BCUT2D eigenvalue weighted by molar-refractivity contribution is 6.45. The van der Waals surface area contributed by atoms with E-state index in [1.54, 1.807) is 54.6 Å². The second kappa shape index (κ2) is 10.8. The number of hydrogen-bond donors (Lipinski definition) is 2. The molecule has 0 spiro atoms. The molecule has 3 rings (SSSR count). The first-order chi connectivity index (χ1) is 15.3. The summed E-state index contributed by atoms with van der Waals surface area (Å²) in [5, 5.41) is 6.86. The molecule has 0 aliphatic rings. The van der Waals surface area contributed by atoms with Crippen molar-refractivity contribution in [3.8, 4) is 5.75 Å². The van der Waals surface area contributed by atoms with Gasteiger partial charge in [-0.2, -0.15) is 5.10 Å². The number of ether oxygens (including phenoxy) is 1. The number of carbonyl (C=O) groups is 3. The van der Waals surface area contributed by atoms with Crippen molar-refractivity contribution in [2.24, 2.45) is 5.10 Å². The van der Waals surface area contributed by atoms with Crippen molar-refractivity contribution in [3.63, 3.8) is 0 Å². The van der Waals surface area contributed by atoms with Gasteiger partial charge in [-0.3, -0.25) is 9.59 Å². The van der Waals surface area contributed by atoms with Crippen LogP contribution in [0.3, 0.4) is 0 Å². The first-order valence-electron chi connectivity index (χ1n) is 8.99. The molecular weight excluding hydrogens is 477 g/mol. The van der Waals surface area contributed by atoms with Gasteiger partial charge in [-0.15, -0.1) is 0 Å². The second-order valence-corrected chi connectivity index (χ2v) is 7.45. The van der Waals surface area contributed by atoms with Gasteiger partial charge in [-0.1, -0.05) is 46.9 Å². The number of carbonyl (C=O) groups excluding carboxylic acids is 3. The van der Waals surface area contributed by atoms with E-state index < -0.39 is 17.8 Å². The lowest BCUT2D eigenvalue weighted by atomic mass is 10.2. The van der Waals surface area contributed by atoms with E-state index in [1.807, 2.05) is 0 Å². The Morgan fingerprint density at radius 1 is 0.875 bits per heavy atom. The maximum Gasteiger partial charge on any atom is 0.343 e. The van der Waals surface area contributed by atoms with Crippen LogP contribution in [0.1, 0.15) is 15.9 Å². The molecule has 0 aliphatic carbocycles. The maximum absolute atomic E-state index is 12.1. The Bertz CT molecular complexity index is 1200. The molecule has 162 valence electrons. The fourth-order valence-corrected chi connectivity index (χ4v) is 2.94. The molecule has 0 fully saturated rings. The third-order valence-electron chi connectivity index (χ3n) is 3.94. The zero-order valence-electron chi connectivity index (χ0n) is 16.1. The first kappa shape index (κ1) is 23.3. The van der Waals surface area contributed by atoms with E-state index >= 15 is 0 Å². The minimum atomic E-state index is -0.996. The van der Waals surface area contributed by atoms with Crippen LogP contribution >= 0.6 is 34.8 Å². The third kappa shape index (κ3) is 6.31. The number of rotatable bonds is 5. The van der Waals surface area contributed by atoms with Crippen LogP contribution in [0.5, 0.6) is 5.75 Å². The molecular formula is C22H14Cl3N3O4. The highest BCUT2D eigenvalue weighted by Gasteiger charge is 2.15. The van der Waals surface area contributed by atoms with Crippen molar-refractivity contribution in [1.82, 2.24) is 5.43 Å². The summed E-state index contributed by atoms with van der Waals surface area (Å²) in [5.74, 6) is -2.19. The summed E-state index contributed by atoms with van der Waals surface area (Å²) in [6, 6.07) is 17.4. The van der Waals surface area contributed by atoms with Crippen LogP contribution in [0, 0.1) is 0 Å². The van der Waals surface area contributed by atoms with Gasteiger partial charge in [0.05, 0.1) is 27.5 Å². The Morgan fingerprint density at radius 3 is 2.31 bits per heavy atom. The molecule has 0 radical (unpaired) electrons. The first-order valence-corrected chi connectivity index (χ1v) is 10.1. The number of nitrogens with one attached hydrogen (secondary N) is 2. The van der Waals surface area contributed by atoms with Gasteiger partial charge in [0.1, 0.15) is 5.75 Å². The van der Waals surface area contributed by atoms with Gasteiger partial charge >= 0.3 is 17.8 Å². The summed E-state index contributed by atoms with van der Waals surface area (Å²) >= 11 is 17.7. The van der Waals surface area contributed by atoms with Crippen LogP contribution < -0.4 is 15.5 Å². The van der Waals surface area contributed by atoms with Gasteiger partial charge in [0.15, 0.2) is 0 Å². The lowest BCUT2D eigenvalue weighted by molar-refractivity contribution is -0.136. The molecule has 32 heavy (non-hydrogen) atoms. The number of anilines is 1. The van der Waals surface area contributed by atoms with Crippen molar-refractivity contribution < 1.29 is 19.1 Å². The van der Waals surface area contributed by atoms with E-state index in [4.69, 9.17) is 39.5 Å². The third-order valence-corrected chi connectivity index (χ3v) is 4.99. The average molecular weight is 491 g/mol. The van der Waals surface area contributed by atoms with Crippen molar-refractivity contribution in [2.75, 3.05) is 5.32 Å². The number of benzene rings is 3. The Kier molecular flexibility index (Phi) is 7.83. The van der Waals surface area contributed by atoms with E-state index in [9.17, 15) is 14.4 Å². The van der Waals surface area contributed by atoms with Crippen LogP contribution in [0.4, 0.5) is 5.69 Å². The number of halogens is 3. The summed E-state index contributed by atoms with van der Waals surface area (Å²) in [6.45, 7) is 0. The lowest BCUT2D eigenvalue weighted by Gasteiger charge is -2.07. The molecule has 7 nitrogen and oxygen atoms in total. The summed E-state index contributed by atoms with van der Waals surface area (Å²) in [5.41, 5.74) is 3.22. The number of nitrogens with zero attached hydrogens (tertiary/aromatic N) is 1. The highest BCUT2D eigenvalue weighted by atomic mass is 35.5. The standard InChI is InChI=1S/C22H14Cl3N3O4/c23-15-4-1-3-14(11-15)22(31)32-16-9-7-13(8-10-16)12-26-28-21(30)20(29)27-18-6-2-5-17(24)19(18)25/h1-12H,(H,27,29)(H,28,30). The zero-order valence-corrected chi connectivity index (χ0v) is 18.4. The second-order valence-electron chi connectivity index (χ2n) is 6.22. The average Bonchev–Trinajstić information content (AvgIpc) is 2.78. The molecule has 0 atom stereocenters. The van der Waals surface area contributed by atoms with E-state index in [0.29, 0.717) is 21.9 Å². The molecule has 0 aromatic heterocycles. The smallest absolute Gasteiger partial charge is 0.343 e. The van der Waals surface area contributed by atoms with E-state index in [2.05, 4.69) is 15.8 Å². The van der Waals surface area contributed by atoms with Gasteiger partial charge in [-0.05, 0) is 60.2 Å². The van der Waals surface area contributed by atoms with E-state index in [-0.39, 0.29) is 15.7 Å². The van der Waals surface area contributed by atoms with Crippen molar-refractivity contribution in [3.05, 3.63) is 92.9 Å². The molecule has 2 amide bonds. The van der Waals surface area contributed by atoms with Crippen molar-refractivity contribution >= 4 is 64.5 Å². The topological polar surface area (TPSA) is 96.9 Å². The Labute approximate surface area is 197 Å².